The van der Waals surface area contributed by atoms with Gasteiger partial charge in [-0.15, -0.1) is 0 Å². The molecule has 1 amide bonds. The van der Waals surface area contributed by atoms with Crippen molar-refractivity contribution in [3.05, 3.63) is 86.7 Å². The highest BCUT2D eigenvalue weighted by Crippen LogP contribution is 2.39. The topological polar surface area (TPSA) is 69.0 Å². The first-order chi connectivity index (χ1) is 16.3. The molecular formula is C27H28ClNO5. The molecule has 0 fully saturated rings. The van der Waals surface area contributed by atoms with Gasteiger partial charge in [0.15, 0.2) is 5.43 Å². The second-order valence-electron chi connectivity index (χ2n) is 8.61. The van der Waals surface area contributed by atoms with Crippen molar-refractivity contribution in [2.75, 3.05) is 19.8 Å². The Morgan fingerprint density at radius 1 is 1.21 bits per heavy atom. The van der Waals surface area contributed by atoms with Crippen LogP contribution < -0.4 is 10.2 Å². The maximum absolute atomic E-state index is 13.6. The van der Waals surface area contributed by atoms with Crippen LogP contribution in [0.25, 0.3) is 11.0 Å². The summed E-state index contributed by atoms with van der Waals surface area (Å²) in [6.07, 6.45) is 2.41. The molecule has 6 nitrogen and oxygen atoms in total. The van der Waals surface area contributed by atoms with E-state index in [9.17, 15) is 9.59 Å². The van der Waals surface area contributed by atoms with Crippen LogP contribution in [0, 0.1) is 6.92 Å². The molecule has 1 atom stereocenters. The van der Waals surface area contributed by atoms with Crippen LogP contribution in [-0.2, 0) is 4.74 Å². The third kappa shape index (κ3) is 4.61. The number of hydrogen-bond donors (Lipinski definition) is 0. The van der Waals surface area contributed by atoms with Crippen LogP contribution in [0.3, 0.4) is 0 Å². The molecule has 0 N–H and O–H groups in total. The minimum absolute atomic E-state index is 0.0842. The van der Waals surface area contributed by atoms with E-state index in [1.807, 2.05) is 45.0 Å². The molecule has 0 bridgehead atoms. The molecule has 0 saturated heterocycles. The summed E-state index contributed by atoms with van der Waals surface area (Å²) in [5.41, 5.74) is 2.02. The van der Waals surface area contributed by atoms with Crippen molar-refractivity contribution in [1.29, 1.82) is 0 Å². The van der Waals surface area contributed by atoms with E-state index in [-0.39, 0.29) is 23.2 Å². The van der Waals surface area contributed by atoms with Crippen LogP contribution in [0.4, 0.5) is 0 Å². The highest BCUT2D eigenvalue weighted by atomic mass is 35.5. The summed E-state index contributed by atoms with van der Waals surface area (Å²) in [7, 11) is 0. The molecule has 1 aliphatic heterocycles. The largest absolute Gasteiger partial charge is 0.490 e. The van der Waals surface area contributed by atoms with E-state index in [1.54, 1.807) is 23.1 Å². The average Bonchev–Trinajstić information content (AvgIpc) is 3.09. The molecule has 7 heteroatoms. The van der Waals surface area contributed by atoms with Crippen molar-refractivity contribution in [2.45, 2.75) is 39.3 Å². The number of carbonyl (C=O) groups excluding carboxylic acids is 1. The Morgan fingerprint density at radius 3 is 2.62 bits per heavy atom. The Morgan fingerprint density at radius 2 is 1.94 bits per heavy atom. The van der Waals surface area contributed by atoms with Crippen LogP contribution in [0.2, 0.25) is 5.02 Å². The molecule has 4 rings (SSSR count). The number of hydrogen-bond acceptors (Lipinski definition) is 5. The fraction of sp³-hybridized carbons (Fsp3) is 0.333. The third-order valence-corrected chi connectivity index (χ3v) is 6.21. The number of halogens is 1. The number of carbonyl (C=O) groups is 1. The molecule has 0 spiro atoms. The number of aryl methyl sites for hydroxylation is 1. The first-order valence-electron chi connectivity index (χ1n) is 11.3. The molecule has 34 heavy (non-hydrogen) atoms. The highest BCUT2D eigenvalue weighted by molar-refractivity contribution is 6.32. The summed E-state index contributed by atoms with van der Waals surface area (Å²) in [6.45, 7) is 10.7. The van der Waals surface area contributed by atoms with Crippen molar-refractivity contribution in [2.24, 2.45) is 0 Å². The van der Waals surface area contributed by atoms with Gasteiger partial charge in [0.2, 0.25) is 5.76 Å². The molecule has 3 aromatic rings. The lowest BCUT2D eigenvalue weighted by Gasteiger charge is -2.25. The zero-order chi connectivity index (χ0) is 24.4. The van der Waals surface area contributed by atoms with Gasteiger partial charge in [-0.1, -0.05) is 36.4 Å². The summed E-state index contributed by atoms with van der Waals surface area (Å²) >= 11 is 6.30. The van der Waals surface area contributed by atoms with E-state index in [4.69, 9.17) is 25.5 Å². The Hall–Kier alpha value is -3.09. The number of ether oxygens (including phenoxy) is 2. The van der Waals surface area contributed by atoms with E-state index >= 15 is 0 Å². The second kappa shape index (κ2) is 10.0. The smallest absolute Gasteiger partial charge is 0.290 e. The maximum Gasteiger partial charge on any atom is 0.290 e. The van der Waals surface area contributed by atoms with Crippen LogP contribution in [0.1, 0.15) is 53.6 Å². The van der Waals surface area contributed by atoms with Gasteiger partial charge >= 0.3 is 0 Å². The fourth-order valence-electron chi connectivity index (χ4n) is 4.17. The Kier molecular flexibility index (Phi) is 7.10. The lowest BCUT2D eigenvalue weighted by molar-refractivity contribution is 0.0593. The monoisotopic (exact) mass is 481 g/mol. The Balaban J connectivity index is 1.79. The van der Waals surface area contributed by atoms with E-state index in [0.29, 0.717) is 53.5 Å². The van der Waals surface area contributed by atoms with Crippen LogP contribution in [0.15, 0.2) is 58.3 Å². The van der Waals surface area contributed by atoms with E-state index in [0.717, 1.165) is 11.1 Å². The van der Waals surface area contributed by atoms with Gasteiger partial charge in [0, 0.05) is 18.2 Å². The third-order valence-electron chi connectivity index (χ3n) is 5.81. The number of rotatable bonds is 9. The first kappa shape index (κ1) is 24.0. The lowest BCUT2D eigenvalue weighted by Crippen LogP contribution is -2.31. The van der Waals surface area contributed by atoms with Gasteiger partial charge in [-0.25, -0.2) is 0 Å². The van der Waals surface area contributed by atoms with Crippen molar-refractivity contribution in [1.82, 2.24) is 4.90 Å². The normalized spacial score (nSPS) is 15.3. The summed E-state index contributed by atoms with van der Waals surface area (Å²) < 4.78 is 17.3. The molecule has 2 heterocycles. The van der Waals surface area contributed by atoms with Crippen molar-refractivity contribution < 1.29 is 18.7 Å². The summed E-state index contributed by atoms with van der Waals surface area (Å²) in [6, 6.07) is 10.1. The lowest BCUT2D eigenvalue weighted by atomic mass is 9.98. The van der Waals surface area contributed by atoms with Crippen LogP contribution in [-0.4, -0.2) is 36.7 Å². The number of fused-ring (bicyclic) bond motifs is 2. The molecule has 2 aromatic carbocycles. The zero-order valence-corrected chi connectivity index (χ0v) is 20.4. The Labute approximate surface area is 203 Å². The van der Waals surface area contributed by atoms with Crippen LogP contribution >= 0.6 is 11.6 Å². The molecule has 0 aliphatic carbocycles. The van der Waals surface area contributed by atoms with Gasteiger partial charge in [-0.05, 0) is 62.6 Å². The summed E-state index contributed by atoms with van der Waals surface area (Å²) in [5, 5.41) is 0.843. The quantitative estimate of drug-likeness (QED) is 0.290. The van der Waals surface area contributed by atoms with E-state index in [2.05, 4.69) is 6.58 Å². The molecule has 178 valence electrons. The van der Waals surface area contributed by atoms with Gasteiger partial charge < -0.3 is 18.8 Å². The van der Waals surface area contributed by atoms with Gasteiger partial charge in [0.25, 0.3) is 5.91 Å². The predicted octanol–water partition coefficient (Wildman–Crippen LogP) is 5.68. The fourth-order valence-corrected chi connectivity index (χ4v) is 4.34. The van der Waals surface area contributed by atoms with Crippen molar-refractivity contribution in [3.8, 4) is 5.75 Å². The summed E-state index contributed by atoms with van der Waals surface area (Å²) in [5.74, 6) is 0.460. The molecular weight excluding hydrogens is 454 g/mol. The number of nitrogens with zero attached hydrogens (tertiary/aromatic N) is 1. The maximum atomic E-state index is 13.6. The molecule has 0 saturated carbocycles. The number of benzene rings is 2. The van der Waals surface area contributed by atoms with Gasteiger partial charge in [0.05, 0.1) is 23.1 Å². The summed E-state index contributed by atoms with van der Waals surface area (Å²) in [4.78, 5) is 28.8. The van der Waals surface area contributed by atoms with Crippen molar-refractivity contribution >= 4 is 28.5 Å². The van der Waals surface area contributed by atoms with Gasteiger partial charge in [0.1, 0.15) is 17.9 Å². The Bertz CT molecular complexity index is 1280. The minimum atomic E-state index is -0.573. The van der Waals surface area contributed by atoms with Gasteiger partial charge in [-0.2, -0.15) is 0 Å². The standard InChI is InChI=1S/C27H28ClNO5/c1-5-12-33-19-9-7-18(8-10-19)24-23-25(30)20-15-21(28)17(4)14-22(20)34-26(23)27(31)29(24)11-6-13-32-16(2)3/h5,7-10,14-16,24H,1,6,11-13H2,2-4H3. The zero-order valence-electron chi connectivity index (χ0n) is 19.6. The molecule has 1 unspecified atom stereocenters. The van der Waals surface area contributed by atoms with E-state index < -0.39 is 6.04 Å². The van der Waals surface area contributed by atoms with E-state index in [1.165, 1.54) is 0 Å². The second-order valence-corrected chi connectivity index (χ2v) is 9.02. The average molecular weight is 482 g/mol. The first-order valence-corrected chi connectivity index (χ1v) is 11.7. The minimum Gasteiger partial charge on any atom is -0.490 e. The van der Waals surface area contributed by atoms with Gasteiger partial charge in [-0.3, -0.25) is 9.59 Å². The number of amides is 1. The molecule has 1 aliphatic rings. The highest BCUT2D eigenvalue weighted by Gasteiger charge is 2.42. The van der Waals surface area contributed by atoms with Crippen LogP contribution in [0.5, 0.6) is 5.75 Å². The predicted molar refractivity (Wildman–Crippen MR) is 133 cm³/mol. The molecule has 0 radical (unpaired) electrons. The van der Waals surface area contributed by atoms with Crippen molar-refractivity contribution in [3.63, 3.8) is 0 Å². The molecule has 1 aromatic heterocycles. The SMILES string of the molecule is C=CCOc1ccc(C2c3c(oc4cc(C)c(Cl)cc4c3=O)C(=O)N2CCCOC(C)C)cc1.